The monoisotopic (exact) mass is 337 g/mol. The quantitative estimate of drug-likeness (QED) is 0.843. The van der Waals surface area contributed by atoms with Crippen LogP contribution in [0.1, 0.15) is 50.9 Å². The maximum Gasteiger partial charge on any atom is 0.328 e. The van der Waals surface area contributed by atoms with Crippen molar-refractivity contribution in [3.05, 3.63) is 32.6 Å². The van der Waals surface area contributed by atoms with Crippen molar-refractivity contribution in [3.63, 3.8) is 0 Å². The lowest BCUT2D eigenvalue weighted by Gasteiger charge is -2.55. The van der Waals surface area contributed by atoms with E-state index in [0.29, 0.717) is 13.2 Å². The topological polar surface area (TPSA) is 84.4 Å². The highest BCUT2D eigenvalue weighted by Crippen LogP contribution is 2.46. The highest BCUT2D eigenvalue weighted by molar-refractivity contribution is 5.94. The average Bonchev–Trinajstić information content (AvgIpc) is 2.54. The lowest BCUT2D eigenvalue weighted by molar-refractivity contribution is -0.140. The summed E-state index contributed by atoms with van der Waals surface area (Å²) in [6.45, 7) is 9.33. The van der Waals surface area contributed by atoms with E-state index in [1.54, 1.807) is 4.90 Å². The van der Waals surface area contributed by atoms with Crippen LogP contribution in [0.5, 0.6) is 0 Å². The normalized spacial score (nSPS) is 22.0. The molecule has 0 aliphatic heterocycles. The number of carbonyl (C=O) groups excluding carboxylic acids is 1. The van der Waals surface area contributed by atoms with Crippen molar-refractivity contribution in [2.24, 2.45) is 12.5 Å². The standard InChI is InChI=1S/C17H27N3O4/c1-6-8-20(12-9-13(24-7-2)17(12,3)4)15(22)11-10-18-16(23)19(5)14(11)21/h10,12-13H,6-9H2,1-5H3,(H,18,23)/t12-,13-/m1/s1. The molecule has 24 heavy (non-hydrogen) atoms. The van der Waals surface area contributed by atoms with Gasteiger partial charge in [0, 0.05) is 37.9 Å². The Balaban J connectivity index is 2.32. The fourth-order valence-electron chi connectivity index (χ4n) is 3.39. The van der Waals surface area contributed by atoms with E-state index >= 15 is 0 Å². The zero-order chi connectivity index (χ0) is 18.1. The minimum atomic E-state index is -0.566. The van der Waals surface area contributed by atoms with Crippen molar-refractivity contribution in [1.82, 2.24) is 14.5 Å². The van der Waals surface area contributed by atoms with E-state index in [1.807, 2.05) is 13.8 Å². The highest BCUT2D eigenvalue weighted by atomic mass is 16.5. The number of hydrogen-bond acceptors (Lipinski definition) is 4. The van der Waals surface area contributed by atoms with Crippen LogP contribution in [0, 0.1) is 5.41 Å². The van der Waals surface area contributed by atoms with Crippen LogP contribution in [0.15, 0.2) is 15.8 Å². The van der Waals surface area contributed by atoms with Crippen molar-refractivity contribution in [1.29, 1.82) is 0 Å². The summed E-state index contributed by atoms with van der Waals surface area (Å²) >= 11 is 0. The van der Waals surface area contributed by atoms with Crippen molar-refractivity contribution in [2.75, 3.05) is 13.2 Å². The maximum absolute atomic E-state index is 13.0. The number of ether oxygens (including phenoxy) is 1. The zero-order valence-corrected chi connectivity index (χ0v) is 15.1. The molecular weight excluding hydrogens is 310 g/mol. The average molecular weight is 337 g/mol. The maximum atomic E-state index is 13.0. The molecule has 1 aliphatic rings. The summed E-state index contributed by atoms with van der Waals surface area (Å²) in [5, 5.41) is 0. The number of nitrogens with one attached hydrogen (secondary N) is 1. The van der Waals surface area contributed by atoms with Crippen LogP contribution in [0.4, 0.5) is 0 Å². The van der Waals surface area contributed by atoms with Gasteiger partial charge < -0.3 is 14.6 Å². The van der Waals surface area contributed by atoms with Crippen molar-refractivity contribution in [2.45, 2.75) is 52.7 Å². The predicted molar refractivity (Wildman–Crippen MR) is 91.2 cm³/mol. The Bertz CT molecular complexity index is 719. The van der Waals surface area contributed by atoms with E-state index in [4.69, 9.17) is 4.74 Å². The molecule has 0 spiro atoms. The van der Waals surface area contributed by atoms with Crippen molar-refractivity contribution < 1.29 is 9.53 Å². The van der Waals surface area contributed by atoms with E-state index in [1.165, 1.54) is 13.2 Å². The number of aromatic nitrogens is 2. The molecule has 1 aromatic heterocycles. The van der Waals surface area contributed by atoms with Gasteiger partial charge in [-0.3, -0.25) is 14.2 Å². The largest absolute Gasteiger partial charge is 0.378 e. The number of aromatic amines is 1. The van der Waals surface area contributed by atoms with Crippen LogP contribution >= 0.6 is 0 Å². The van der Waals surface area contributed by atoms with E-state index in [2.05, 4.69) is 18.8 Å². The molecule has 7 nitrogen and oxygen atoms in total. The highest BCUT2D eigenvalue weighted by Gasteiger charge is 2.52. The first kappa shape index (κ1) is 18.4. The SMILES string of the molecule is CCCN(C(=O)c1c[nH]c(=O)n(C)c1=O)[C@@H]1C[C@@H](OCC)C1(C)C. The van der Waals surface area contributed by atoms with Crippen molar-refractivity contribution >= 4 is 5.91 Å². The lowest BCUT2D eigenvalue weighted by Crippen LogP contribution is -2.63. The van der Waals surface area contributed by atoms with Gasteiger partial charge in [-0.1, -0.05) is 20.8 Å². The van der Waals surface area contributed by atoms with Crippen LogP contribution in [0.25, 0.3) is 0 Å². The molecule has 0 unspecified atom stereocenters. The number of nitrogens with zero attached hydrogens (tertiary/aromatic N) is 2. The van der Waals surface area contributed by atoms with E-state index in [0.717, 1.165) is 17.4 Å². The second-order valence-corrected chi connectivity index (χ2v) is 6.89. The van der Waals surface area contributed by atoms with Gasteiger partial charge in [0.2, 0.25) is 0 Å². The Morgan fingerprint density at radius 3 is 2.62 bits per heavy atom. The molecule has 1 N–H and O–H groups in total. The van der Waals surface area contributed by atoms with Gasteiger partial charge in [0.15, 0.2) is 0 Å². The summed E-state index contributed by atoms with van der Waals surface area (Å²) in [6, 6.07) is 0.0122. The van der Waals surface area contributed by atoms with Crippen molar-refractivity contribution in [3.8, 4) is 0 Å². The van der Waals surface area contributed by atoms with E-state index in [-0.39, 0.29) is 29.0 Å². The molecule has 134 valence electrons. The molecule has 2 atom stereocenters. The molecular formula is C17H27N3O4. The Morgan fingerprint density at radius 1 is 1.42 bits per heavy atom. The lowest BCUT2D eigenvalue weighted by atomic mass is 9.63. The molecule has 0 aromatic carbocycles. The molecule has 1 fully saturated rings. The fraction of sp³-hybridized carbons (Fsp3) is 0.706. The van der Waals surface area contributed by atoms with Crippen LogP contribution < -0.4 is 11.2 Å². The van der Waals surface area contributed by atoms with Gasteiger partial charge in [0.25, 0.3) is 11.5 Å². The van der Waals surface area contributed by atoms with Gasteiger partial charge in [0.1, 0.15) is 5.56 Å². The molecule has 1 amide bonds. The van der Waals surface area contributed by atoms with E-state index < -0.39 is 11.2 Å². The summed E-state index contributed by atoms with van der Waals surface area (Å²) in [5.74, 6) is -0.332. The third-order valence-corrected chi connectivity index (χ3v) is 5.01. The summed E-state index contributed by atoms with van der Waals surface area (Å²) in [6.07, 6.45) is 2.89. The first-order valence-electron chi connectivity index (χ1n) is 8.46. The summed E-state index contributed by atoms with van der Waals surface area (Å²) in [4.78, 5) is 40.9. The van der Waals surface area contributed by atoms with Crippen LogP contribution in [-0.2, 0) is 11.8 Å². The number of carbonyl (C=O) groups is 1. The first-order valence-corrected chi connectivity index (χ1v) is 8.46. The number of amides is 1. The second kappa shape index (κ2) is 6.93. The zero-order valence-electron chi connectivity index (χ0n) is 15.1. The number of H-pyrrole nitrogens is 1. The van der Waals surface area contributed by atoms with Crippen LogP contribution in [0.3, 0.4) is 0 Å². The minimum absolute atomic E-state index is 0.00112. The van der Waals surface area contributed by atoms with Gasteiger partial charge in [-0.05, 0) is 19.8 Å². The summed E-state index contributed by atoms with van der Waals surface area (Å²) in [7, 11) is 1.36. The predicted octanol–water partition coefficient (Wildman–Crippen LogP) is 1.13. The third kappa shape index (κ3) is 3.05. The molecule has 0 saturated heterocycles. The van der Waals surface area contributed by atoms with Gasteiger partial charge in [-0.15, -0.1) is 0 Å². The minimum Gasteiger partial charge on any atom is -0.378 e. The molecule has 7 heteroatoms. The van der Waals surface area contributed by atoms with Gasteiger partial charge in [-0.2, -0.15) is 0 Å². The first-order chi connectivity index (χ1) is 11.3. The molecule has 0 radical (unpaired) electrons. The van der Waals surface area contributed by atoms with Crippen LogP contribution in [-0.4, -0.2) is 45.7 Å². The molecule has 1 saturated carbocycles. The summed E-state index contributed by atoms with van der Waals surface area (Å²) in [5.41, 5.74) is -1.27. The molecule has 1 heterocycles. The second-order valence-electron chi connectivity index (χ2n) is 6.89. The number of hydrogen-bond donors (Lipinski definition) is 1. The summed E-state index contributed by atoms with van der Waals surface area (Å²) < 4.78 is 6.67. The fourth-order valence-corrected chi connectivity index (χ4v) is 3.39. The molecule has 2 rings (SSSR count). The van der Waals surface area contributed by atoms with Gasteiger partial charge in [0.05, 0.1) is 6.10 Å². The van der Waals surface area contributed by atoms with E-state index in [9.17, 15) is 14.4 Å². The van der Waals surface area contributed by atoms with Gasteiger partial charge >= 0.3 is 5.69 Å². The Kier molecular flexibility index (Phi) is 5.32. The number of rotatable bonds is 6. The Morgan fingerprint density at radius 2 is 2.08 bits per heavy atom. The Labute approximate surface area is 141 Å². The molecule has 1 aromatic rings. The van der Waals surface area contributed by atoms with Crippen LogP contribution in [0.2, 0.25) is 0 Å². The smallest absolute Gasteiger partial charge is 0.328 e. The van der Waals surface area contributed by atoms with Gasteiger partial charge in [-0.25, -0.2) is 4.79 Å². The Hall–Kier alpha value is -1.89. The molecule has 1 aliphatic carbocycles. The third-order valence-electron chi connectivity index (χ3n) is 5.01. The molecule has 0 bridgehead atoms.